The molecule has 2 saturated heterocycles. The summed E-state index contributed by atoms with van der Waals surface area (Å²) in [5.41, 5.74) is -1.73. The fourth-order valence-electron chi connectivity index (χ4n) is 5.77. The Bertz CT molecular complexity index is 1600. The first-order valence-electron chi connectivity index (χ1n) is 12.8. The number of hydrogen-bond acceptors (Lipinski definition) is 7. The third kappa shape index (κ3) is 4.88. The second-order valence-electron chi connectivity index (χ2n) is 10.8. The monoisotopic (exact) mass is 592 g/mol. The van der Waals surface area contributed by atoms with Gasteiger partial charge in [0.05, 0.1) is 15.5 Å². The molecule has 40 heavy (non-hydrogen) atoms. The third-order valence-corrected chi connectivity index (χ3v) is 11.2. The standard InChI is InChI=1S/C26H29FN4O7S2/c1-16-11-17(2)14-30(13-16)40(37,38)20-6-4-19(5-7-20)28-23(32)15-31-24(33)26(29-25(31)34)9-10-39(35,36)22-8-3-18(27)12-21(22)26/h3-8,12,16-17H,9-11,13-15H2,1-2H3,(H,28,32)(H,29,34)/t16-,17+,26-/m0/s1. The fourth-order valence-corrected chi connectivity index (χ4v) is 9.08. The van der Waals surface area contributed by atoms with Crippen molar-refractivity contribution in [2.24, 2.45) is 11.8 Å². The summed E-state index contributed by atoms with van der Waals surface area (Å²) in [4.78, 5) is 39.4. The zero-order chi connectivity index (χ0) is 29.0. The van der Waals surface area contributed by atoms with Crippen LogP contribution in [0, 0.1) is 17.7 Å². The van der Waals surface area contributed by atoms with Gasteiger partial charge in [0.15, 0.2) is 9.84 Å². The summed E-state index contributed by atoms with van der Waals surface area (Å²) in [6.45, 7) is 4.20. The number of halogens is 1. The molecule has 214 valence electrons. The van der Waals surface area contributed by atoms with E-state index < -0.39 is 61.4 Å². The molecule has 3 heterocycles. The van der Waals surface area contributed by atoms with Gasteiger partial charge in [-0.05, 0) is 67.1 Å². The van der Waals surface area contributed by atoms with Crippen LogP contribution in [0.15, 0.2) is 52.3 Å². The Morgan fingerprint density at radius 2 is 1.75 bits per heavy atom. The summed E-state index contributed by atoms with van der Waals surface area (Å²) in [7, 11) is -7.50. The van der Waals surface area contributed by atoms with Crippen molar-refractivity contribution >= 4 is 43.4 Å². The van der Waals surface area contributed by atoms with Crippen LogP contribution in [-0.4, -0.2) is 69.3 Å². The van der Waals surface area contributed by atoms with Crippen LogP contribution in [0.4, 0.5) is 14.9 Å². The minimum atomic E-state index is -3.79. The average molecular weight is 593 g/mol. The molecule has 2 fully saturated rings. The molecule has 0 saturated carbocycles. The van der Waals surface area contributed by atoms with Crippen LogP contribution >= 0.6 is 0 Å². The Balaban J connectivity index is 1.30. The van der Waals surface area contributed by atoms with Crippen molar-refractivity contribution in [2.75, 3.05) is 30.7 Å². The zero-order valence-corrected chi connectivity index (χ0v) is 23.5. The maximum atomic E-state index is 14.1. The van der Waals surface area contributed by atoms with Crippen LogP contribution in [0.25, 0.3) is 0 Å². The zero-order valence-electron chi connectivity index (χ0n) is 21.9. The molecule has 0 radical (unpaired) electrons. The average Bonchev–Trinajstić information content (AvgIpc) is 3.11. The highest BCUT2D eigenvalue weighted by atomic mass is 32.2. The molecule has 2 aromatic rings. The van der Waals surface area contributed by atoms with Crippen molar-refractivity contribution in [1.29, 1.82) is 0 Å². The molecule has 5 rings (SSSR count). The van der Waals surface area contributed by atoms with Crippen molar-refractivity contribution < 1.29 is 35.6 Å². The van der Waals surface area contributed by atoms with Crippen LogP contribution in [0.3, 0.4) is 0 Å². The lowest BCUT2D eigenvalue weighted by Gasteiger charge is -2.34. The van der Waals surface area contributed by atoms with Crippen LogP contribution in [0.1, 0.15) is 32.3 Å². The van der Waals surface area contributed by atoms with Crippen LogP contribution in [-0.2, 0) is 35.0 Å². The van der Waals surface area contributed by atoms with Crippen molar-refractivity contribution in [3.05, 3.63) is 53.8 Å². The molecule has 2 N–H and O–H groups in total. The van der Waals surface area contributed by atoms with Crippen LogP contribution in [0.5, 0.6) is 0 Å². The Hall–Kier alpha value is -3.36. The SMILES string of the molecule is C[C@@H]1C[C@H](C)CN(S(=O)(=O)c2ccc(NC(=O)CN3C(=O)N[C@]4(CCS(=O)(=O)c5ccc(F)cc54)C3=O)cc2)C1. The molecule has 2 aromatic carbocycles. The molecule has 1 spiro atoms. The van der Waals surface area contributed by atoms with Gasteiger partial charge in [0.2, 0.25) is 15.9 Å². The van der Waals surface area contributed by atoms with Crippen molar-refractivity contribution in [1.82, 2.24) is 14.5 Å². The largest absolute Gasteiger partial charge is 0.325 e. The smallest absolute Gasteiger partial charge is 0.325 e. The molecule has 0 bridgehead atoms. The van der Waals surface area contributed by atoms with Gasteiger partial charge in [0.1, 0.15) is 17.9 Å². The number of hydrogen-bond donors (Lipinski definition) is 2. The van der Waals surface area contributed by atoms with E-state index in [4.69, 9.17) is 0 Å². The number of carbonyl (C=O) groups excluding carboxylic acids is 3. The molecular weight excluding hydrogens is 563 g/mol. The maximum absolute atomic E-state index is 14.1. The normalized spacial score (nSPS) is 26.4. The molecule has 3 atom stereocenters. The highest BCUT2D eigenvalue weighted by Crippen LogP contribution is 2.41. The predicted molar refractivity (Wildman–Crippen MR) is 142 cm³/mol. The minimum Gasteiger partial charge on any atom is -0.325 e. The second-order valence-corrected chi connectivity index (χ2v) is 14.8. The van der Waals surface area contributed by atoms with Crippen LogP contribution < -0.4 is 10.6 Å². The number of rotatable bonds is 5. The van der Waals surface area contributed by atoms with Crippen molar-refractivity contribution in [3.8, 4) is 0 Å². The number of imide groups is 1. The topological polar surface area (TPSA) is 150 Å². The predicted octanol–water partition coefficient (Wildman–Crippen LogP) is 2.06. The summed E-state index contributed by atoms with van der Waals surface area (Å²) in [6.07, 6.45) is 0.650. The van der Waals surface area contributed by atoms with Gasteiger partial charge in [-0.15, -0.1) is 0 Å². The Morgan fingerprint density at radius 3 is 2.40 bits per heavy atom. The molecule has 14 heteroatoms. The second kappa shape index (κ2) is 9.93. The van der Waals surface area contributed by atoms with Gasteiger partial charge in [-0.3, -0.25) is 14.5 Å². The number of carbonyl (C=O) groups is 3. The lowest BCUT2D eigenvalue weighted by molar-refractivity contribution is -0.134. The lowest BCUT2D eigenvalue weighted by atomic mass is 9.86. The summed E-state index contributed by atoms with van der Waals surface area (Å²) in [5.74, 6) is -2.33. The molecule has 0 unspecified atom stereocenters. The first kappa shape index (κ1) is 28.2. The van der Waals surface area contributed by atoms with E-state index in [2.05, 4.69) is 10.6 Å². The van der Waals surface area contributed by atoms with E-state index in [9.17, 15) is 35.6 Å². The Labute approximate surface area is 231 Å². The molecule has 3 aliphatic heterocycles. The molecule has 4 amide bonds. The number of urea groups is 1. The van der Waals surface area contributed by atoms with Gasteiger partial charge in [0.25, 0.3) is 5.91 Å². The van der Waals surface area contributed by atoms with Crippen molar-refractivity contribution in [2.45, 2.75) is 42.0 Å². The van der Waals surface area contributed by atoms with E-state index in [-0.39, 0.29) is 39.3 Å². The number of sulfonamides is 1. The number of nitrogens with one attached hydrogen (secondary N) is 2. The first-order chi connectivity index (χ1) is 18.7. The van der Waals surface area contributed by atoms with Crippen LogP contribution in [0.2, 0.25) is 0 Å². The fraction of sp³-hybridized carbons (Fsp3) is 0.423. The number of fused-ring (bicyclic) bond motifs is 2. The first-order valence-corrected chi connectivity index (χ1v) is 15.9. The summed E-state index contributed by atoms with van der Waals surface area (Å²) < 4.78 is 66.8. The number of piperidine rings is 1. The third-order valence-electron chi connectivity index (χ3n) is 7.57. The molecule has 0 aliphatic carbocycles. The lowest BCUT2D eigenvalue weighted by Crippen LogP contribution is -2.49. The van der Waals surface area contributed by atoms with Gasteiger partial charge in [-0.1, -0.05) is 13.8 Å². The highest BCUT2D eigenvalue weighted by Gasteiger charge is 2.56. The number of nitrogens with zero attached hydrogens (tertiary/aromatic N) is 2. The van der Waals surface area contributed by atoms with E-state index in [0.29, 0.717) is 18.0 Å². The summed E-state index contributed by atoms with van der Waals surface area (Å²) >= 11 is 0. The summed E-state index contributed by atoms with van der Waals surface area (Å²) in [6, 6.07) is 7.62. The number of amides is 4. The van der Waals surface area contributed by atoms with E-state index in [1.165, 1.54) is 28.6 Å². The molecular formula is C26H29FN4O7S2. The molecule has 3 aliphatic rings. The van der Waals surface area contributed by atoms with Gasteiger partial charge >= 0.3 is 6.03 Å². The van der Waals surface area contributed by atoms with Gasteiger partial charge in [0, 0.05) is 24.3 Å². The molecule has 11 nitrogen and oxygen atoms in total. The van der Waals surface area contributed by atoms with Gasteiger partial charge in [-0.25, -0.2) is 26.0 Å². The number of anilines is 1. The van der Waals surface area contributed by atoms with Gasteiger partial charge in [-0.2, -0.15) is 4.31 Å². The summed E-state index contributed by atoms with van der Waals surface area (Å²) in [5, 5.41) is 5.01. The van der Waals surface area contributed by atoms with E-state index >= 15 is 0 Å². The number of sulfone groups is 1. The van der Waals surface area contributed by atoms with E-state index in [1.807, 2.05) is 13.8 Å². The minimum absolute atomic E-state index is 0.0842. The maximum Gasteiger partial charge on any atom is 0.325 e. The van der Waals surface area contributed by atoms with E-state index in [0.717, 1.165) is 24.6 Å². The Morgan fingerprint density at radius 1 is 1.10 bits per heavy atom. The van der Waals surface area contributed by atoms with Crippen molar-refractivity contribution in [3.63, 3.8) is 0 Å². The highest BCUT2D eigenvalue weighted by molar-refractivity contribution is 7.91. The van der Waals surface area contributed by atoms with E-state index in [1.54, 1.807) is 0 Å². The quantitative estimate of drug-likeness (QED) is 0.399. The Kier molecular flexibility index (Phi) is 6.99. The number of benzene rings is 2. The van der Waals surface area contributed by atoms with Gasteiger partial charge < -0.3 is 10.6 Å². The molecule has 0 aromatic heterocycles.